The highest BCUT2D eigenvalue weighted by Crippen LogP contribution is 2.29. The molecular formula is C16H25N3O6S2. The van der Waals surface area contributed by atoms with Gasteiger partial charge in [-0.3, -0.25) is 9.52 Å². The molecule has 0 unspecified atom stereocenters. The Bertz CT molecular complexity index is 929. The standard InChI is InChI=1S/C16H25N3O6S2/c1-11-9-18(2)16(20)13-8-12(17-26(4,21)22)6-7-14(13)25-15(11)10-19(3)27(5,23)24/h6-8,11,15,17H,9-10H2,1-5H3/t11-,15+/m0/s1. The largest absolute Gasteiger partial charge is 0.488 e. The van der Waals surface area contributed by atoms with Crippen LogP contribution in [0.2, 0.25) is 0 Å². The minimum absolute atomic E-state index is 0.120. The number of sulfonamides is 2. The van der Waals surface area contributed by atoms with E-state index in [9.17, 15) is 21.6 Å². The van der Waals surface area contributed by atoms with Crippen molar-refractivity contribution in [3.63, 3.8) is 0 Å². The van der Waals surface area contributed by atoms with E-state index in [1.807, 2.05) is 6.92 Å². The third-order valence-corrected chi connectivity index (χ3v) is 6.23. The molecule has 0 fully saturated rings. The van der Waals surface area contributed by atoms with Crippen LogP contribution in [0.1, 0.15) is 17.3 Å². The average molecular weight is 420 g/mol. The lowest BCUT2D eigenvalue weighted by Crippen LogP contribution is -2.46. The number of hydrogen-bond donors (Lipinski definition) is 1. The maximum absolute atomic E-state index is 12.7. The maximum Gasteiger partial charge on any atom is 0.257 e. The summed E-state index contributed by atoms with van der Waals surface area (Å²) >= 11 is 0. The van der Waals surface area contributed by atoms with Crippen molar-refractivity contribution >= 4 is 31.6 Å². The number of nitrogens with one attached hydrogen (secondary N) is 1. The lowest BCUT2D eigenvalue weighted by molar-refractivity contribution is 0.0605. The molecule has 0 radical (unpaired) electrons. The van der Waals surface area contributed by atoms with Crippen molar-refractivity contribution < 1.29 is 26.4 Å². The van der Waals surface area contributed by atoms with Gasteiger partial charge in [-0.1, -0.05) is 6.92 Å². The molecule has 2 atom stereocenters. The third-order valence-electron chi connectivity index (χ3n) is 4.34. The highest BCUT2D eigenvalue weighted by atomic mass is 32.2. The number of hydrogen-bond acceptors (Lipinski definition) is 6. The molecule has 0 bridgehead atoms. The number of nitrogens with zero attached hydrogens (tertiary/aromatic N) is 2. The van der Waals surface area contributed by atoms with E-state index in [2.05, 4.69) is 4.72 Å². The molecule has 2 rings (SSSR count). The summed E-state index contributed by atoms with van der Waals surface area (Å²) in [5.74, 6) is -0.140. The van der Waals surface area contributed by atoms with Crippen LogP contribution >= 0.6 is 0 Å². The summed E-state index contributed by atoms with van der Waals surface area (Å²) in [6.45, 7) is 2.38. The van der Waals surface area contributed by atoms with Gasteiger partial charge >= 0.3 is 0 Å². The van der Waals surface area contributed by atoms with Crippen LogP contribution in [-0.4, -0.2) is 77.7 Å². The van der Waals surface area contributed by atoms with Crippen molar-refractivity contribution in [3.05, 3.63) is 23.8 Å². The van der Waals surface area contributed by atoms with Gasteiger partial charge in [-0.2, -0.15) is 0 Å². The number of likely N-dealkylation sites (N-methyl/N-ethyl adjacent to an activating group) is 1. The molecule has 152 valence electrons. The Morgan fingerprint density at radius 3 is 2.44 bits per heavy atom. The van der Waals surface area contributed by atoms with Gasteiger partial charge in [-0.25, -0.2) is 21.1 Å². The first-order valence-electron chi connectivity index (χ1n) is 8.23. The number of ether oxygens (including phenoxy) is 1. The Labute approximate surface area is 160 Å². The fourth-order valence-corrected chi connectivity index (χ4v) is 3.77. The van der Waals surface area contributed by atoms with Crippen LogP contribution in [0, 0.1) is 5.92 Å². The Morgan fingerprint density at radius 1 is 1.26 bits per heavy atom. The van der Waals surface area contributed by atoms with Crippen LogP contribution in [0.15, 0.2) is 18.2 Å². The van der Waals surface area contributed by atoms with Crippen LogP contribution in [0.3, 0.4) is 0 Å². The highest BCUT2D eigenvalue weighted by Gasteiger charge is 2.31. The first-order chi connectivity index (χ1) is 12.3. The SMILES string of the molecule is C[C@H]1CN(C)C(=O)c2cc(NS(C)(=O)=O)ccc2O[C@@H]1CN(C)S(C)(=O)=O. The zero-order valence-electron chi connectivity index (χ0n) is 16.0. The van der Waals surface area contributed by atoms with E-state index >= 15 is 0 Å². The number of carbonyl (C=O) groups excluding carboxylic acids is 1. The minimum Gasteiger partial charge on any atom is -0.488 e. The second-order valence-corrected chi connectivity index (χ2v) is 10.8. The van der Waals surface area contributed by atoms with Crippen molar-refractivity contribution in [1.29, 1.82) is 0 Å². The van der Waals surface area contributed by atoms with E-state index in [0.29, 0.717) is 6.54 Å². The first-order valence-corrected chi connectivity index (χ1v) is 12.0. The number of rotatable bonds is 5. The molecule has 0 saturated carbocycles. The Morgan fingerprint density at radius 2 is 1.89 bits per heavy atom. The minimum atomic E-state index is -3.49. The summed E-state index contributed by atoms with van der Waals surface area (Å²) in [5, 5.41) is 0. The van der Waals surface area contributed by atoms with Gasteiger partial charge < -0.3 is 9.64 Å². The van der Waals surface area contributed by atoms with Gasteiger partial charge in [0.15, 0.2) is 0 Å². The second kappa shape index (κ2) is 7.64. The summed E-state index contributed by atoms with van der Waals surface area (Å²) in [7, 11) is -3.76. The lowest BCUT2D eigenvalue weighted by Gasteiger charge is -2.34. The van der Waals surface area contributed by atoms with Crippen molar-refractivity contribution in [1.82, 2.24) is 9.21 Å². The maximum atomic E-state index is 12.7. The Balaban J connectivity index is 2.42. The molecule has 1 aliphatic heterocycles. The van der Waals surface area contributed by atoms with E-state index in [1.165, 1.54) is 34.5 Å². The van der Waals surface area contributed by atoms with Gasteiger partial charge in [0.25, 0.3) is 5.91 Å². The van der Waals surface area contributed by atoms with E-state index in [-0.39, 0.29) is 35.4 Å². The molecule has 0 saturated heterocycles. The van der Waals surface area contributed by atoms with Crippen LogP contribution in [0.25, 0.3) is 0 Å². The molecule has 27 heavy (non-hydrogen) atoms. The zero-order chi connectivity index (χ0) is 20.6. The number of carbonyl (C=O) groups is 1. The molecule has 1 aliphatic rings. The Hall–Kier alpha value is -1.85. The van der Waals surface area contributed by atoms with Gasteiger partial charge in [0.1, 0.15) is 11.9 Å². The molecule has 1 amide bonds. The van der Waals surface area contributed by atoms with E-state index in [4.69, 9.17) is 4.74 Å². The smallest absolute Gasteiger partial charge is 0.257 e. The van der Waals surface area contributed by atoms with Gasteiger partial charge in [-0.05, 0) is 18.2 Å². The molecule has 0 aliphatic carbocycles. The number of amides is 1. The Kier molecular flexibility index (Phi) is 6.07. The summed E-state index contributed by atoms with van der Waals surface area (Å²) in [6, 6.07) is 4.43. The molecular weight excluding hydrogens is 394 g/mol. The highest BCUT2D eigenvalue weighted by molar-refractivity contribution is 7.92. The fraction of sp³-hybridized carbons (Fsp3) is 0.562. The molecule has 0 aromatic heterocycles. The van der Waals surface area contributed by atoms with Crippen LogP contribution in [0.4, 0.5) is 5.69 Å². The van der Waals surface area contributed by atoms with Crippen LogP contribution in [-0.2, 0) is 20.0 Å². The first kappa shape index (κ1) is 21.5. The van der Waals surface area contributed by atoms with E-state index in [1.54, 1.807) is 7.05 Å². The normalized spacial score (nSPS) is 21.3. The number of anilines is 1. The van der Waals surface area contributed by atoms with E-state index < -0.39 is 26.2 Å². The molecule has 11 heteroatoms. The molecule has 1 N–H and O–H groups in total. The lowest BCUT2D eigenvalue weighted by atomic mass is 10.0. The second-order valence-electron chi connectivity index (χ2n) is 6.95. The summed E-state index contributed by atoms with van der Waals surface area (Å²) in [4.78, 5) is 14.2. The third kappa shape index (κ3) is 5.56. The molecule has 1 aromatic carbocycles. The van der Waals surface area contributed by atoms with Crippen LogP contribution in [0.5, 0.6) is 5.75 Å². The van der Waals surface area contributed by atoms with Crippen molar-refractivity contribution in [2.24, 2.45) is 5.92 Å². The number of benzene rings is 1. The average Bonchev–Trinajstić information content (AvgIpc) is 2.51. The summed E-state index contributed by atoms with van der Waals surface area (Å²) < 4.78 is 55.9. The van der Waals surface area contributed by atoms with Crippen LogP contribution < -0.4 is 9.46 Å². The topological polar surface area (TPSA) is 113 Å². The van der Waals surface area contributed by atoms with Crippen molar-refractivity contribution in [2.45, 2.75) is 13.0 Å². The van der Waals surface area contributed by atoms with Gasteiger partial charge in [0.05, 0.1) is 24.6 Å². The van der Waals surface area contributed by atoms with Crippen molar-refractivity contribution in [3.8, 4) is 5.75 Å². The van der Waals surface area contributed by atoms with Gasteiger partial charge in [0.2, 0.25) is 20.0 Å². The molecule has 0 spiro atoms. The molecule has 1 heterocycles. The molecule has 1 aromatic rings. The fourth-order valence-electron chi connectivity index (χ4n) is 2.80. The van der Waals surface area contributed by atoms with Gasteiger partial charge in [-0.15, -0.1) is 0 Å². The zero-order valence-corrected chi connectivity index (χ0v) is 17.6. The van der Waals surface area contributed by atoms with Gasteiger partial charge in [0, 0.05) is 32.2 Å². The predicted octanol–water partition coefficient (Wildman–Crippen LogP) is 0.419. The molecule has 9 nitrogen and oxygen atoms in total. The van der Waals surface area contributed by atoms with E-state index in [0.717, 1.165) is 12.5 Å². The quantitative estimate of drug-likeness (QED) is 0.740. The summed E-state index contributed by atoms with van der Waals surface area (Å²) in [6.07, 6.45) is 1.66. The number of fused-ring (bicyclic) bond motifs is 1. The van der Waals surface area contributed by atoms with Crippen molar-refractivity contribution in [2.75, 3.05) is 44.4 Å². The monoisotopic (exact) mass is 419 g/mol. The summed E-state index contributed by atoms with van der Waals surface area (Å²) in [5.41, 5.74) is 0.463. The predicted molar refractivity (Wildman–Crippen MR) is 103 cm³/mol.